The Labute approximate surface area is 208 Å². The maximum Gasteiger partial charge on any atom is 0.270 e. The summed E-state index contributed by atoms with van der Waals surface area (Å²) in [5.74, 6) is -0.912. The molecular weight excluding hydrogens is 466 g/mol. The smallest absolute Gasteiger partial charge is 0.270 e. The van der Waals surface area contributed by atoms with Gasteiger partial charge in [-0.15, -0.1) is 0 Å². The van der Waals surface area contributed by atoms with Crippen LogP contribution in [0.25, 0.3) is 6.08 Å². The van der Waals surface area contributed by atoms with Gasteiger partial charge >= 0.3 is 0 Å². The Hall–Kier alpha value is -3.48. The largest absolute Gasteiger partial charge is 0.367 e. The summed E-state index contributed by atoms with van der Waals surface area (Å²) in [5, 5.41) is 3.50. The number of rotatable bonds is 4. The van der Waals surface area contributed by atoms with Crippen LogP contribution in [0.4, 0.5) is 11.4 Å². The third-order valence-electron chi connectivity index (χ3n) is 6.18. The molecule has 0 bridgehead atoms. The standard InChI is InChI=1S/C27H22ClN3O2S/c1-17-6-2-5-9-23(17)31-26(33)21(25(32)29-27(31)34)15-18-10-11-24-19(14-18)12-13-30(24)16-20-7-3-4-8-22(20)28/h2-11,14-15H,12-13,16H2,1H3,(H,29,32,34)/b21-15+. The highest BCUT2D eigenvalue weighted by atomic mass is 35.5. The summed E-state index contributed by atoms with van der Waals surface area (Å²) in [7, 11) is 0. The molecule has 0 aliphatic carbocycles. The fourth-order valence-corrected chi connectivity index (χ4v) is 4.90. The van der Waals surface area contributed by atoms with Gasteiger partial charge in [-0.25, -0.2) is 0 Å². The van der Waals surface area contributed by atoms with Gasteiger partial charge in [0.05, 0.1) is 5.69 Å². The molecule has 0 radical (unpaired) electrons. The number of carbonyl (C=O) groups is 2. The Morgan fingerprint density at radius 3 is 2.59 bits per heavy atom. The lowest BCUT2D eigenvalue weighted by atomic mass is 10.0. The molecule has 5 nitrogen and oxygen atoms in total. The van der Waals surface area contributed by atoms with Gasteiger partial charge in [-0.1, -0.05) is 54.1 Å². The van der Waals surface area contributed by atoms with Crippen molar-refractivity contribution in [2.45, 2.75) is 19.9 Å². The highest BCUT2D eigenvalue weighted by molar-refractivity contribution is 7.80. The highest BCUT2D eigenvalue weighted by Crippen LogP contribution is 2.32. The number of hydrogen-bond acceptors (Lipinski definition) is 4. The predicted molar refractivity (Wildman–Crippen MR) is 140 cm³/mol. The Morgan fingerprint density at radius 1 is 1.03 bits per heavy atom. The first-order chi connectivity index (χ1) is 16.4. The first-order valence-corrected chi connectivity index (χ1v) is 11.8. The van der Waals surface area contributed by atoms with Crippen LogP contribution in [0, 0.1) is 6.92 Å². The zero-order valence-electron chi connectivity index (χ0n) is 18.5. The second-order valence-electron chi connectivity index (χ2n) is 8.40. The molecule has 3 aromatic carbocycles. The van der Waals surface area contributed by atoms with E-state index in [1.807, 2.05) is 73.7 Å². The third-order valence-corrected chi connectivity index (χ3v) is 6.84. The van der Waals surface area contributed by atoms with Crippen molar-refractivity contribution in [3.05, 3.63) is 99.6 Å². The number of nitrogens with zero attached hydrogens (tertiary/aromatic N) is 2. The van der Waals surface area contributed by atoms with Gasteiger partial charge < -0.3 is 4.90 Å². The highest BCUT2D eigenvalue weighted by Gasteiger charge is 2.35. The van der Waals surface area contributed by atoms with E-state index in [0.717, 1.165) is 46.9 Å². The average molecular weight is 488 g/mol. The van der Waals surface area contributed by atoms with Gasteiger partial charge in [0.1, 0.15) is 5.57 Å². The number of fused-ring (bicyclic) bond motifs is 1. The van der Waals surface area contributed by atoms with Crippen LogP contribution in [-0.4, -0.2) is 23.5 Å². The number of hydrogen-bond donors (Lipinski definition) is 1. The number of para-hydroxylation sites is 1. The molecule has 1 fully saturated rings. The number of carbonyl (C=O) groups excluding carboxylic acids is 2. The molecular formula is C27H22ClN3O2S. The van der Waals surface area contributed by atoms with E-state index in [-0.39, 0.29) is 10.7 Å². The van der Waals surface area contributed by atoms with E-state index in [1.165, 1.54) is 10.5 Å². The van der Waals surface area contributed by atoms with Gasteiger partial charge in [-0.05, 0) is 78.2 Å². The molecule has 7 heteroatoms. The molecule has 170 valence electrons. The molecule has 0 atom stereocenters. The van der Waals surface area contributed by atoms with E-state index in [4.69, 9.17) is 23.8 Å². The van der Waals surface area contributed by atoms with Crippen molar-refractivity contribution in [2.24, 2.45) is 0 Å². The molecule has 2 amide bonds. The van der Waals surface area contributed by atoms with Gasteiger partial charge in [0, 0.05) is 23.8 Å². The van der Waals surface area contributed by atoms with Crippen LogP contribution in [0.1, 0.15) is 22.3 Å². The molecule has 0 saturated carbocycles. The van der Waals surface area contributed by atoms with Gasteiger partial charge in [-0.3, -0.25) is 19.8 Å². The van der Waals surface area contributed by atoms with Crippen molar-refractivity contribution in [1.82, 2.24) is 5.32 Å². The van der Waals surface area contributed by atoms with Crippen LogP contribution < -0.4 is 15.1 Å². The first-order valence-electron chi connectivity index (χ1n) is 11.0. The molecule has 5 rings (SSSR count). The second-order valence-corrected chi connectivity index (χ2v) is 9.19. The zero-order chi connectivity index (χ0) is 23.8. The Bertz CT molecular complexity index is 1370. The van der Waals surface area contributed by atoms with E-state index in [1.54, 1.807) is 6.08 Å². The number of halogens is 1. The molecule has 2 heterocycles. The van der Waals surface area contributed by atoms with Crippen molar-refractivity contribution < 1.29 is 9.59 Å². The fourth-order valence-electron chi connectivity index (χ4n) is 4.43. The molecule has 2 aliphatic heterocycles. The number of aryl methyl sites for hydroxylation is 1. The van der Waals surface area contributed by atoms with E-state index in [9.17, 15) is 9.59 Å². The van der Waals surface area contributed by atoms with E-state index < -0.39 is 11.8 Å². The lowest BCUT2D eigenvalue weighted by Crippen LogP contribution is -2.54. The molecule has 0 spiro atoms. The number of anilines is 2. The van der Waals surface area contributed by atoms with Crippen LogP contribution >= 0.6 is 23.8 Å². The lowest BCUT2D eigenvalue weighted by molar-refractivity contribution is -0.122. The minimum atomic E-state index is -0.485. The topological polar surface area (TPSA) is 52.7 Å². The monoisotopic (exact) mass is 487 g/mol. The summed E-state index contributed by atoms with van der Waals surface area (Å²) in [4.78, 5) is 29.7. The van der Waals surface area contributed by atoms with Crippen LogP contribution in [0.2, 0.25) is 5.02 Å². The van der Waals surface area contributed by atoms with Crippen LogP contribution in [0.3, 0.4) is 0 Å². The van der Waals surface area contributed by atoms with Gasteiger partial charge in [-0.2, -0.15) is 0 Å². The molecule has 0 unspecified atom stereocenters. The maximum absolute atomic E-state index is 13.3. The molecule has 0 aromatic heterocycles. The first kappa shape index (κ1) is 22.3. The zero-order valence-corrected chi connectivity index (χ0v) is 20.1. The van der Waals surface area contributed by atoms with Crippen molar-refractivity contribution >= 4 is 58.2 Å². The Morgan fingerprint density at radius 2 is 1.79 bits per heavy atom. The summed E-state index contributed by atoms with van der Waals surface area (Å²) < 4.78 is 0. The maximum atomic E-state index is 13.3. The quantitative estimate of drug-likeness (QED) is 0.318. The fraction of sp³-hybridized carbons (Fsp3) is 0.148. The summed E-state index contributed by atoms with van der Waals surface area (Å²) in [6, 6.07) is 21.3. The average Bonchev–Trinajstić information content (AvgIpc) is 3.21. The van der Waals surface area contributed by atoms with Gasteiger partial charge in [0.15, 0.2) is 5.11 Å². The predicted octanol–water partition coefficient (Wildman–Crippen LogP) is 5.04. The molecule has 2 aliphatic rings. The summed E-state index contributed by atoms with van der Waals surface area (Å²) in [5.41, 5.74) is 5.81. The summed E-state index contributed by atoms with van der Waals surface area (Å²) in [6.45, 7) is 3.52. The van der Waals surface area contributed by atoms with Crippen molar-refractivity contribution in [3.63, 3.8) is 0 Å². The normalized spacial score (nSPS) is 16.8. The van der Waals surface area contributed by atoms with E-state index in [0.29, 0.717) is 5.69 Å². The van der Waals surface area contributed by atoms with E-state index >= 15 is 0 Å². The minimum Gasteiger partial charge on any atom is -0.367 e. The Kier molecular flexibility index (Phi) is 5.94. The van der Waals surface area contributed by atoms with Crippen molar-refractivity contribution in [2.75, 3.05) is 16.3 Å². The third kappa shape index (κ3) is 4.11. The Balaban J connectivity index is 1.43. The number of amides is 2. The number of benzene rings is 3. The van der Waals surface area contributed by atoms with Crippen molar-refractivity contribution in [3.8, 4) is 0 Å². The van der Waals surface area contributed by atoms with Gasteiger partial charge in [0.2, 0.25) is 0 Å². The molecule has 3 aromatic rings. The van der Waals surface area contributed by atoms with Gasteiger partial charge in [0.25, 0.3) is 11.8 Å². The number of thiocarbonyl (C=S) groups is 1. The molecule has 34 heavy (non-hydrogen) atoms. The van der Waals surface area contributed by atoms with Crippen molar-refractivity contribution in [1.29, 1.82) is 0 Å². The molecule has 1 saturated heterocycles. The minimum absolute atomic E-state index is 0.0581. The SMILES string of the molecule is Cc1ccccc1N1C(=O)/C(=C/c2ccc3c(c2)CCN3Cc2ccccc2Cl)C(=O)NC1=S. The van der Waals surface area contributed by atoms with Crippen LogP contribution in [0.5, 0.6) is 0 Å². The second kappa shape index (κ2) is 9.05. The summed E-state index contributed by atoms with van der Waals surface area (Å²) >= 11 is 11.7. The number of nitrogens with one attached hydrogen (secondary N) is 1. The summed E-state index contributed by atoms with van der Waals surface area (Å²) in [6.07, 6.45) is 2.53. The van der Waals surface area contributed by atoms with E-state index in [2.05, 4.69) is 10.2 Å². The van der Waals surface area contributed by atoms with Crippen LogP contribution in [0.15, 0.2) is 72.3 Å². The molecule has 1 N–H and O–H groups in total. The lowest BCUT2D eigenvalue weighted by Gasteiger charge is -2.30. The van der Waals surface area contributed by atoms with Crippen LogP contribution in [-0.2, 0) is 22.6 Å².